The normalized spacial score (nSPS) is 11.6. The van der Waals surface area contributed by atoms with E-state index < -0.39 is 0 Å². The number of hydrogen-bond donors (Lipinski definition) is 1. The van der Waals surface area contributed by atoms with Crippen molar-refractivity contribution >= 4 is 11.8 Å². The minimum absolute atomic E-state index is 0.171. The van der Waals surface area contributed by atoms with E-state index in [4.69, 9.17) is 5.26 Å². The molecule has 0 bridgehead atoms. The molecule has 0 aliphatic heterocycles. The summed E-state index contributed by atoms with van der Waals surface area (Å²) in [7, 11) is 0. The molecule has 0 amide bonds. The Kier molecular flexibility index (Phi) is 7.85. The van der Waals surface area contributed by atoms with Gasteiger partial charge < -0.3 is 5.32 Å². The molecule has 1 aromatic carbocycles. The molecule has 0 spiro atoms. The summed E-state index contributed by atoms with van der Waals surface area (Å²) in [5.74, 6) is 1.13. The van der Waals surface area contributed by atoms with Crippen molar-refractivity contribution in [2.45, 2.75) is 64.4 Å². The lowest BCUT2D eigenvalue weighted by Gasteiger charge is -2.14. The molecule has 0 fully saturated rings. The van der Waals surface area contributed by atoms with Crippen LogP contribution in [0.5, 0.6) is 0 Å². The second kappa shape index (κ2) is 9.12. The Labute approximate surface area is 134 Å². The first-order valence-corrected chi connectivity index (χ1v) is 8.78. The maximum absolute atomic E-state index is 8.97. The van der Waals surface area contributed by atoms with Crippen molar-refractivity contribution in [2.24, 2.45) is 5.41 Å². The Balaban J connectivity index is 2.23. The third kappa shape index (κ3) is 8.14. The van der Waals surface area contributed by atoms with Crippen LogP contribution in [0.3, 0.4) is 0 Å². The molecule has 2 nitrogen and oxygen atoms in total. The minimum atomic E-state index is -0.171. The first kappa shape index (κ1) is 18.1. The van der Waals surface area contributed by atoms with Crippen molar-refractivity contribution in [1.82, 2.24) is 5.32 Å². The van der Waals surface area contributed by atoms with Gasteiger partial charge in [-0.25, -0.2) is 0 Å². The Hall–Kier alpha value is -0.980. The lowest BCUT2D eigenvalue weighted by molar-refractivity contribution is 0.433. The summed E-state index contributed by atoms with van der Waals surface area (Å²) < 4.78 is 0. The quantitative estimate of drug-likeness (QED) is 0.515. The highest BCUT2D eigenvalue weighted by Crippen LogP contribution is 2.24. The Morgan fingerprint density at radius 2 is 1.86 bits per heavy atom. The summed E-state index contributed by atoms with van der Waals surface area (Å²) >= 11 is 1.91. The fourth-order valence-electron chi connectivity index (χ4n) is 1.94. The summed E-state index contributed by atoms with van der Waals surface area (Å²) in [6.07, 6.45) is 3.29. The molecular formula is C18H28N2S. The number of rotatable bonds is 9. The summed E-state index contributed by atoms with van der Waals surface area (Å²) in [6, 6.07) is 11.7. The van der Waals surface area contributed by atoms with Crippen molar-refractivity contribution in [3.05, 3.63) is 29.8 Å². The van der Waals surface area contributed by atoms with E-state index in [1.807, 2.05) is 25.6 Å². The summed E-state index contributed by atoms with van der Waals surface area (Å²) in [5, 5.41) is 12.4. The van der Waals surface area contributed by atoms with Gasteiger partial charge in [0.2, 0.25) is 0 Å². The van der Waals surface area contributed by atoms with E-state index in [2.05, 4.69) is 49.5 Å². The molecule has 21 heavy (non-hydrogen) atoms. The molecule has 1 aromatic rings. The van der Waals surface area contributed by atoms with Crippen molar-refractivity contribution in [2.75, 3.05) is 5.75 Å². The standard InChI is InChI=1S/C18H28N2S/c1-15(2)20-13-16-7-9-17(10-8-16)21-12-6-5-11-18(3,4)14-19/h7-10,15,20H,5-6,11-13H2,1-4H3. The molecule has 1 rings (SSSR count). The van der Waals surface area contributed by atoms with Gasteiger partial charge in [0.1, 0.15) is 0 Å². The molecule has 0 aliphatic rings. The zero-order valence-corrected chi connectivity index (χ0v) is 14.6. The highest BCUT2D eigenvalue weighted by atomic mass is 32.2. The summed E-state index contributed by atoms with van der Waals surface area (Å²) in [6.45, 7) is 9.30. The largest absolute Gasteiger partial charge is 0.310 e. The Morgan fingerprint density at radius 1 is 1.19 bits per heavy atom. The second-order valence-electron chi connectivity index (χ2n) is 6.48. The predicted molar refractivity (Wildman–Crippen MR) is 92.4 cm³/mol. The monoisotopic (exact) mass is 304 g/mol. The highest BCUT2D eigenvalue weighted by Gasteiger charge is 2.15. The van der Waals surface area contributed by atoms with Crippen LogP contribution in [0.2, 0.25) is 0 Å². The lowest BCUT2D eigenvalue weighted by atomic mass is 9.89. The minimum Gasteiger partial charge on any atom is -0.310 e. The van der Waals surface area contributed by atoms with Crippen LogP contribution in [-0.4, -0.2) is 11.8 Å². The smallest absolute Gasteiger partial charge is 0.0683 e. The number of nitriles is 1. The van der Waals surface area contributed by atoms with Gasteiger partial charge in [-0.1, -0.05) is 32.4 Å². The molecule has 0 saturated heterocycles. The third-order valence-corrected chi connectivity index (χ3v) is 4.50. The maximum atomic E-state index is 8.97. The summed E-state index contributed by atoms with van der Waals surface area (Å²) in [4.78, 5) is 1.34. The van der Waals surface area contributed by atoms with Crippen molar-refractivity contribution in [3.8, 4) is 6.07 Å². The van der Waals surface area contributed by atoms with Gasteiger partial charge in [-0.3, -0.25) is 0 Å². The maximum Gasteiger partial charge on any atom is 0.0683 e. The Bertz CT molecular complexity index is 443. The van der Waals surface area contributed by atoms with E-state index in [1.165, 1.54) is 16.9 Å². The number of nitrogens with zero attached hydrogens (tertiary/aromatic N) is 1. The van der Waals surface area contributed by atoms with Gasteiger partial charge >= 0.3 is 0 Å². The van der Waals surface area contributed by atoms with E-state index in [1.54, 1.807) is 0 Å². The Morgan fingerprint density at radius 3 is 2.43 bits per heavy atom. The average Bonchev–Trinajstić information content (AvgIpc) is 2.46. The lowest BCUT2D eigenvalue weighted by Crippen LogP contribution is -2.21. The number of benzene rings is 1. The van der Waals surface area contributed by atoms with Gasteiger partial charge in [0, 0.05) is 17.5 Å². The highest BCUT2D eigenvalue weighted by molar-refractivity contribution is 7.99. The molecule has 0 aliphatic carbocycles. The van der Waals surface area contributed by atoms with E-state index in [0.717, 1.165) is 25.1 Å². The van der Waals surface area contributed by atoms with Crippen molar-refractivity contribution in [3.63, 3.8) is 0 Å². The van der Waals surface area contributed by atoms with Crippen LogP contribution >= 0.6 is 11.8 Å². The first-order valence-electron chi connectivity index (χ1n) is 7.79. The van der Waals surface area contributed by atoms with E-state index in [9.17, 15) is 0 Å². The van der Waals surface area contributed by atoms with Gasteiger partial charge in [0.05, 0.1) is 11.5 Å². The zero-order valence-electron chi connectivity index (χ0n) is 13.8. The van der Waals surface area contributed by atoms with E-state index in [0.29, 0.717) is 6.04 Å². The van der Waals surface area contributed by atoms with Crippen LogP contribution in [0.4, 0.5) is 0 Å². The molecule has 3 heteroatoms. The van der Waals surface area contributed by atoms with Crippen LogP contribution in [0.15, 0.2) is 29.2 Å². The van der Waals surface area contributed by atoms with Gasteiger partial charge in [0.25, 0.3) is 0 Å². The number of unbranched alkanes of at least 4 members (excludes halogenated alkanes) is 1. The van der Waals surface area contributed by atoms with Crippen molar-refractivity contribution < 1.29 is 0 Å². The fraction of sp³-hybridized carbons (Fsp3) is 0.611. The predicted octanol–water partition coefficient (Wildman–Crippen LogP) is 5.00. The zero-order chi connectivity index (χ0) is 15.7. The number of thioether (sulfide) groups is 1. The molecule has 0 atom stereocenters. The van der Waals surface area contributed by atoms with Crippen molar-refractivity contribution in [1.29, 1.82) is 5.26 Å². The SMILES string of the molecule is CC(C)NCc1ccc(SCCCCC(C)(C)C#N)cc1. The molecule has 116 valence electrons. The molecular weight excluding hydrogens is 276 g/mol. The molecule has 0 unspecified atom stereocenters. The van der Waals surface area contributed by atoms with Crippen LogP contribution in [-0.2, 0) is 6.54 Å². The fourth-order valence-corrected chi connectivity index (χ4v) is 2.85. The first-order chi connectivity index (χ1) is 9.93. The topological polar surface area (TPSA) is 35.8 Å². The molecule has 0 radical (unpaired) electrons. The van der Waals surface area contributed by atoms with Gasteiger partial charge in [-0.15, -0.1) is 11.8 Å². The van der Waals surface area contributed by atoms with E-state index in [-0.39, 0.29) is 5.41 Å². The molecule has 1 N–H and O–H groups in total. The van der Waals surface area contributed by atoms with Gasteiger partial charge in [0.15, 0.2) is 0 Å². The number of nitrogens with one attached hydrogen (secondary N) is 1. The molecule has 0 aromatic heterocycles. The molecule has 0 heterocycles. The third-order valence-electron chi connectivity index (χ3n) is 3.41. The molecule has 0 saturated carbocycles. The van der Waals surface area contributed by atoms with Crippen LogP contribution < -0.4 is 5.32 Å². The van der Waals surface area contributed by atoms with Gasteiger partial charge in [-0.05, 0) is 50.1 Å². The van der Waals surface area contributed by atoms with Gasteiger partial charge in [-0.2, -0.15) is 5.26 Å². The van der Waals surface area contributed by atoms with E-state index >= 15 is 0 Å². The second-order valence-corrected chi connectivity index (χ2v) is 7.65. The average molecular weight is 305 g/mol. The number of hydrogen-bond acceptors (Lipinski definition) is 3. The van der Waals surface area contributed by atoms with Crippen LogP contribution in [0.25, 0.3) is 0 Å². The van der Waals surface area contributed by atoms with Crippen LogP contribution in [0.1, 0.15) is 52.5 Å². The van der Waals surface area contributed by atoms with Crippen LogP contribution in [0, 0.1) is 16.7 Å². The summed E-state index contributed by atoms with van der Waals surface area (Å²) in [5.41, 5.74) is 1.17.